The van der Waals surface area contributed by atoms with Gasteiger partial charge in [-0.3, -0.25) is 0 Å². The third-order valence-electron chi connectivity index (χ3n) is 1.48. The molecule has 0 saturated heterocycles. The second kappa shape index (κ2) is 4.09. The molecular weight excluding hydrogens is 198 g/mol. The molecule has 1 heterocycles. The Morgan fingerprint density at radius 1 is 1.57 bits per heavy atom. The highest BCUT2D eigenvalue weighted by Gasteiger charge is 2.20. The van der Waals surface area contributed by atoms with E-state index in [1.807, 2.05) is 27.7 Å². The molecule has 0 fully saturated rings. The quantitative estimate of drug-likeness (QED) is 0.709. The van der Waals surface area contributed by atoms with Gasteiger partial charge in [-0.2, -0.15) is 0 Å². The van der Waals surface area contributed by atoms with Gasteiger partial charge in [0.2, 0.25) is 5.01 Å². The van der Waals surface area contributed by atoms with Crippen LogP contribution < -0.4 is 0 Å². The zero-order chi connectivity index (χ0) is 10.8. The minimum Gasteiger partial charge on any atom is -0.455 e. The van der Waals surface area contributed by atoms with Gasteiger partial charge < -0.3 is 4.74 Å². The predicted molar refractivity (Wildman–Crippen MR) is 56.7 cm³/mol. The highest BCUT2D eigenvalue weighted by Crippen LogP contribution is 2.17. The van der Waals surface area contributed by atoms with E-state index in [0.29, 0.717) is 5.01 Å². The summed E-state index contributed by atoms with van der Waals surface area (Å²) in [6.07, 6.45) is 2.63. The largest absolute Gasteiger partial charge is 0.455 e. The van der Waals surface area contributed by atoms with Crippen molar-refractivity contribution in [2.75, 3.05) is 0 Å². The van der Waals surface area contributed by atoms with Gasteiger partial charge in [-0.1, -0.05) is 6.92 Å². The lowest BCUT2D eigenvalue weighted by molar-refractivity contribution is 0.00692. The Labute approximate surface area is 88.1 Å². The lowest BCUT2D eigenvalue weighted by Gasteiger charge is -2.18. The average molecular weight is 213 g/mol. The van der Waals surface area contributed by atoms with Crippen LogP contribution in [-0.2, 0) is 11.2 Å². The highest BCUT2D eigenvalue weighted by molar-refractivity contribution is 7.13. The predicted octanol–water partition coefficient (Wildman–Crippen LogP) is 2.66. The molecular formula is C10H15NO2S. The van der Waals surface area contributed by atoms with E-state index in [1.54, 1.807) is 6.20 Å². The average Bonchev–Trinajstić information content (AvgIpc) is 2.48. The van der Waals surface area contributed by atoms with E-state index in [4.69, 9.17) is 4.74 Å². The minimum atomic E-state index is -0.449. The first-order valence-corrected chi connectivity index (χ1v) is 5.42. The standard InChI is InChI=1S/C10H15NO2S/c1-5-7-6-11-8(14-7)9(12)13-10(2,3)4/h6H,5H2,1-4H3. The summed E-state index contributed by atoms with van der Waals surface area (Å²) in [5, 5.41) is 0.441. The van der Waals surface area contributed by atoms with Gasteiger partial charge in [0.15, 0.2) is 0 Å². The Morgan fingerprint density at radius 3 is 2.64 bits per heavy atom. The Kier molecular flexibility index (Phi) is 3.26. The van der Waals surface area contributed by atoms with Crippen molar-refractivity contribution in [3.63, 3.8) is 0 Å². The van der Waals surface area contributed by atoms with Crippen LogP contribution in [0, 0.1) is 0 Å². The number of carbonyl (C=O) groups is 1. The molecule has 1 aromatic rings. The SMILES string of the molecule is CCc1cnc(C(=O)OC(C)(C)C)s1. The van der Waals surface area contributed by atoms with Crippen molar-refractivity contribution >= 4 is 17.3 Å². The van der Waals surface area contributed by atoms with Crippen molar-refractivity contribution in [3.8, 4) is 0 Å². The summed E-state index contributed by atoms with van der Waals surface area (Å²) < 4.78 is 5.19. The van der Waals surface area contributed by atoms with Gasteiger partial charge in [-0.25, -0.2) is 9.78 Å². The molecule has 0 saturated carbocycles. The van der Waals surface area contributed by atoms with Crippen LogP contribution in [0.1, 0.15) is 42.4 Å². The number of aromatic nitrogens is 1. The maximum absolute atomic E-state index is 11.5. The first-order valence-electron chi connectivity index (χ1n) is 4.60. The van der Waals surface area contributed by atoms with Crippen molar-refractivity contribution in [2.24, 2.45) is 0 Å². The summed E-state index contributed by atoms with van der Waals surface area (Å²) in [6, 6.07) is 0. The molecule has 0 amide bonds. The van der Waals surface area contributed by atoms with E-state index in [1.165, 1.54) is 11.3 Å². The first kappa shape index (κ1) is 11.2. The zero-order valence-electron chi connectivity index (χ0n) is 8.96. The number of hydrogen-bond donors (Lipinski definition) is 0. The number of rotatable bonds is 2. The van der Waals surface area contributed by atoms with Gasteiger partial charge in [-0.15, -0.1) is 11.3 Å². The lowest BCUT2D eigenvalue weighted by Crippen LogP contribution is -2.23. The number of ether oxygens (including phenoxy) is 1. The number of carbonyl (C=O) groups excluding carboxylic acids is 1. The summed E-state index contributed by atoms with van der Waals surface area (Å²) in [7, 11) is 0. The summed E-state index contributed by atoms with van der Waals surface area (Å²) in [6.45, 7) is 7.57. The van der Waals surface area contributed by atoms with E-state index < -0.39 is 5.60 Å². The fourth-order valence-electron chi connectivity index (χ4n) is 0.887. The van der Waals surface area contributed by atoms with Crippen molar-refractivity contribution in [2.45, 2.75) is 39.7 Å². The van der Waals surface area contributed by atoms with Gasteiger partial charge in [0.05, 0.1) is 0 Å². The fourth-order valence-corrected chi connectivity index (χ4v) is 1.62. The first-order chi connectivity index (χ1) is 6.42. The van der Waals surface area contributed by atoms with Gasteiger partial charge >= 0.3 is 5.97 Å². The molecule has 78 valence electrons. The highest BCUT2D eigenvalue weighted by atomic mass is 32.1. The Balaban J connectivity index is 2.70. The van der Waals surface area contributed by atoms with E-state index >= 15 is 0 Å². The van der Waals surface area contributed by atoms with Crippen LogP contribution in [0.15, 0.2) is 6.20 Å². The number of hydrogen-bond acceptors (Lipinski definition) is 4. The molecule has 1 rings (SSSR count). The maximum Gasteiger partial charge on any atom is 0.367 e. The number of esters is 1. The van der Waals surface area contributed by atoms with E-state index in [9.17, 15) is 4.79 Å². The van der Waals surface area contributed by atoms with Gasteiger partial charge in [-0.05, 0) is 27.2 Å². The molecule has 3 nitrogen and oxygen atoms in total. The number of aryl methyl sites for hydroxylation is 1. The van der Waals surface area contributed by atoms with Crippen LogP contribution in [-0.4, -0.2) is 16.6 Å². The Bertz CT molecular complexity index is 325. The van der Waals surface area contributed by atoms with E-state index in [-0.39, 0.29) is 5.97 Å². The summed E-state index contributed by atoms with van der Waals surface area (Å²) in [5.41, 5.74) is -0.449. The molecule has 1 aromatic heterocycles. The Hall–Kier alpha value is -0.900. The molecule has 14 heavy (non-hydrogen) atoms. The number of nitrogens with zero attached hydrogens (tertiary/aromatic N) is 1. The number of thiazole rings is 1. The fraction of sp³-hybridized carbons (Fsp3) is 0.600. The third kappa shape index (κ3) is 3.10. The molecule has 0 spiro atoms. The molecule has 0 aromatic carbocycles. The molecule has 0 aliphatic carbocycles. The molecule has 0 N–H and O–H groups in total. The van der Waals surface area contributed by atoms with Gasteiger partial charge in [0.25, 0.3) is 0 Å². The van der Waals surface area contributed by atoms with E-state index in [0.717, 1.165) is 11.3 Å². The third-order valence-corrected chi connectivity index (χ3v) is 2.60. The normalized spacial score (nSPS) is 11.4. The van der Waals surface area contributed by atoms with Crippen LogP contribution in [0.2, 0.25) is 0 Å². The molecule has 4 heteroatoms. The Morgan fingerprint density at radius 2 is 2.21 bits per heavy atom. The lowest BCUT2D eigenvalue weighted by atomic mass is 10.2. The minimum absolute atomic E-state index is 0.331. The van der Waals surface area contributed by atoms with Crippen LogP contribution >= 0.6 is 11.3 Å². The molecule has 0 aliphatic rings. The van der Waals surface area contributed by atoms with Crippen LogP contribution in [0.25, 0.3) is 0 Å². The summed E-state index contributed by atoms with van der Waals surface area (Å²) in [5.74, 6) is -0.331. The second-order valence-electron chi connectivity index (χ2n) is 3.99. The van der Waals surface area contributed by atoms with Crippen molar-refractivity contribution in [1.82, 2.24) is 4.98 Å². The van der Waals surface area contributed by atoms with Gasteiger partial charge in [0, 0.05) is 11.1 Å². The summed E-state index contributed by atoms with van der Waals surface area (Å²) in [4.78, 5) is 16.6. The molecule has 0 radical (unpaired) electrons. The summed E-state index contributed by atoms with van der Waals surface area (Å²) >= 11 is 1.40. The van der Waals surface area contributed by atoms with Crippen LogP contribution in [0.3, 0.4) is 0 Å². The van der Waals surface area contributed by atoms with Crippen LogP contribution in [0.5, 0.6) is 0 Å². The van der Waals surface area contributed by atoms with E-state index in [2.05, 4.69) is 4.98 Å². The molecule has 0 bridgehead atoms. The second-order valence-corrected chi connectivity index (χ2v) is 5.10. The van der Waals surface area contributed by atoms with Crippen molar-refractivity contribution in [1.29, 1.82) is 0 Å². The molecule has 0 unspecified atom stereocenters. The van der Waals surface area contributed by atoms with Gasteiger partial charge in [0.1, 0.15) is 5.60 Å². The molecule has 0 aliphatic heterocycles. The van der Waals surface area contributed by atoms with Crippen LogP contribution in [0.4, 0.5) is 0 Å². The zero-order valence-corrected chi connectivity index (χ0v) is 9.77. The monoisotopic (exact) mass is 213 g/mol. The topological polar surface area (TPSA) is 39.2 Å². The van der Waals surface area contributed by atoms with Crippen molar-refractivity contribution in [3.05, 3.63) is 16.1 Å². The maximum atomic E-state index is 11.5. The molecule has 0 atom stereocenters. The smallest absolute Gasteiger partial charge is 0.367 e. The van der Waals surface area contributed by atoms with Crippen molar-refractivity contribution < 1.29 is 9.53 Å².